The number of rotatable bonds is 45. The highest BCUT2D eigenvalue weighted by molar-refractivity contribution is 6.07. The lowest BCUT2D eigenvalue weighted by molar-refractivity contribution is -0.139. The Kier molecular flexibility index (Phi) is 38.3. The average Bonchev–Trinajstić information content (AvgIpc) is 1.62. The number of ketones is 1. The van der Waals surface area contributed by atoms with Crippen molar-refractivity contribution in [2.75, 3.05) is 159 Å². The van der Waals surface area contributed by atoms with E-state index in [2.05, 4.69) is 20.9 Å². The van der Waals surface area contributed by atoms with Crippen LogP contribution in [-0.4, -0.2) is 246 Å². The second kappa shape index (κ2) is 47.8. The number of carbonyl (C=O) groups excluding carboxylic acids is 8. The first kappa shape index (κ1) is 90.5. The molecule has 6 aliphatic rings. The molecule has 30 heteroatoms. The molecule has 0 radical (unpaired) electrons. The van der Waals surface area contributed by atoms with E-state index in [4.69, 9.17) is 71.3 Å². The van der Waals surface area contributed by atoms with Gasteiger partial charge < -0.3 is 92.1 Å². The van der Waals surface area contributed by atoms with Crippen molar-refractivity contribution < 1.29 is 105 Å². The second-order valence-electron chi connectivity index (χ2n) is 27.6. The van der Waals surface area contributed by atoms with Gasteiger partial charge in [0.2, 0.25) is 36.3 Å². The molecule has 0 aromatic heterocycles. The first-order chi connectivity index (χ1) is 54.2. The second-order valence-corrected chi connectivity index (χ2v) is 27.6. The molecule has 113 heavy (non-hydrogen) atoms. The average molecular weight is 1580 g/mol. The first-order valence-electron chi connectivity index (χ1n) is 38.2. The Balaban J connectivity index is 0.000000251. The van der Waals surface area contributed by atoms with Gasteiger partial charge in [0.05, 0.1) is 161 Å². The fourth-order valence-corrected chi connectivity index (χ4v) is 12.3. The highest BCUT2D eigenvalue weighted by atomic mass is 16.7. The van der Waals surface area contributed by atoms with Gasteiger partial charge in [0.25, 0.3) is 11.8 Å². The van der Waals surface area contributed by atoms with Crippen LogP contribution in [-0.2, 0) is 66.7 Å². The van der Waals surface area contributed by atoms with Crippen LogP contribution in [0, 0.1) is 24.7 Å². The van der Waals surface area contributed by atoms with Crippen molar-refractivity contribution in [2.45, 2.75) is 125 Å². The van der Waals surface area contributed by atoms with Gasteiger partial charge in [0.1, 0.15) is 0 Å². The van der Waals surface area contributed by atoms with Crippen molar-refractivity contribution in [1.82, 2.24) is 25.3 Å². The van der Waals surface area contributed by atoms with E-state index in [1.807, 2.05) is 95.7 Å². The Labute approximate surface area is 662 Å². The van der Waals surface area contributed by atoms with Crippen LogP contribution < -0.4 is 44.4 Å². The molecular weight excluding hydrogens is 1460 g/mol. The third kappa shape index (κ3) is 28.1. The molecule has 6 heterocycles. The maximum atomic E-state index is 13.7. The number of benzene rings is 4. The molecule has 4 aromatic carbocycles. The minimum Gasteiger partial charge on any atom is -0.493 e. The molecule has 2 unspecified atom stereocenters. The molecule has 618 valence electrons. The van der Waals surface area contributed by atoms with Crippen LogP contribution in [0.5, 0.6) is 34.5 Å². The number of Topliss-reactive ketones (excluding diaryl/α,β-unsaturated/α-hetero) is 1. The zero-order valence-corrected chi connectivity index (χ0v) is 66.1. The lowest BCUT2D eigenvalue weighted by Gasteiger charge is -2.22. The number of methoxy groups -OCH3 is 3. The van der Waals surface area contributed by atoms with Gasteiger partial charge in [0, 0.05) is 120 Å². The minimum absolute atomic E-state index is 0. The Hall–Kier alpha value is -9.66. The number of amides is 7. The standard InChI is InChI=1S/C37H34N4O8.C30H50N2O9.C15H26N2O5.CH4/c1-21-9-24-16-38-28-14-34(31(44-2)12-26(28)36(42)40(24)18-21)46-7-4-8-47-35-15-29-27(13-32(35)45-3)37(43)41-19-23(10-25(41)17-39-29)22-5-6-30-33(11-22)49-20-48-30;1-23(2)29(27(33)22-25(4)30(35)31-26-8-6-24(3)7-9-26)32-28(34)10-11-37-14-15-39-18-19-41-21-20-40-17-16-38-13-12-36-5;1-3-7-21-9-10-22-8-5-16-13(18)4-6-17-14(19)11-12(2)15(17)20;/h5-6,11-19,24-25H,4,7-10,20H2,1-3H3;6-9,23,25,29H,10-22H2,1-5H3,(H,31,35)(H,32,34);12H,3-11H2,1-2H3,(H,16,18);1H4/t24-,25-;25-,29?;;/m01../s1. The summed E-state index contributed by atoms with van der Waals surface area (Å²) in [5.41, 5.74) is 6.86. The molecule has 10 rings (SSSR count). The van der Waals surface area contributed by atoms with E-state index >= 15 is 0 Å². The largest absolute Gasteiger partial charge is 0.493 e. The number of aryl methyl sites for hydroxylation is 1. The van der Waals surface area contributed by atoms with Gasteiger partial charge in [-0.2, -0.15) is 0 Å². The highest BCUT2D eigenvalue weighted by Crippen LogP contribution is 2.43. The smallest absolute Gasteiger partial charge is 0.260 e. The summed E-state index contributed by atoms with van der Waals surface area (Å²) in [6, 6.07) is 19.1. The Morgan fingerprint density at radius 3 is 1.67 bits per heavy atom. The lowest BCUT2D eigenvalue weighted by Crippen LogP contribution is -2.45. The lowest BCUT2D eigenvalue weighted by atomic mass is 9.92. The fourth-order valence-electron chi connectivity index (χ4n) is 12.3. The molecule has 30 nitrogen and oxygen atoms in total. The topological polar surface area (TPSA) is 336 Å². The van der Waals surface area contributed by atoms with Crippen molar-refractivity contribution in [3.63, 3.8) is 0 Å². The van der Waals surface area contributed by atoms with Crippen molar-refractivity contribution >= 4 is 82.2 Å². The Morgan fingerprint density at radius 2 is 1.12 bits per heavy atom. The minimum atomic E-state index is -0.667. The summed E-state index contributed by atoms with van der Waals surface area (Å²) in [6.07, 6.45) is 10.8. The summed E-state index contributed by atoms with van der Waals surface area (Å²) >= 11 is 0. The maximum absolute atomic E-state index is 13.7. The number of anilines is 1. The van der Waals surface area contributed by atoms with Gasteiger partial charge in [-0.1, -0.05) is 71.4 Å². The molecule has 0 spiro atoms. The number of likely N-dealkylation sites (tertiary alicyclic amines) is 1. The summed E-state index contributed by atoms with van der Waals surface area (Å²) < 4.78 is 76.8. The van der Waals surface area contributed by atoms with Crippen LogP contribution in [0.3, 0.4) is 0 Å². The molecule has 4 aromatic rings. The third-order valence-corrected chi connectivity index (χ3v) is 18.5. The molecule has 5 atom stereocenters. The van der Waals surface area contributed by atoms with Crippen molar-refractivity contribution in [2.24, 2.45) is 27.7 Å². The van der Waals surface area contributed by atoms with Crippen LogP contribution in [0.15, 0.2) is 94.7 Å². The van der Waals surface area contributed by atoms with Gasteiger partial charge in [-0.15, -0.1) is 0 Å². The third-order valence-electron chi connectivity index (χ3n) is 18.5. The zero-order chi connectivity index (χ0) is 80.3. The number of nitrogens with zero attached hydrogens (tertiary/aromatic N) is 5. The van der Waals surface area contributed by atoms with Gasteiger partial charge in [-0.3, -0.25) is 53.2 Å². The highest BCUT2D eigenvalue weighted by Gasteiger charge is 2.37. The molecule has 6 aliphatic heterocycles. The predicted molar refractivity (Wildman–Crippen MR) is 424 cm³/mol. The van der Waals surface area contributed by atoms with Crippen LogP contribution >= 0.6 is 0 Å². The van der Waals surface area contributed by atoms with E-state index in [0.29, 0.717) is 181 Å². The van der Waals surface area contributed by atoms with E-state index in [0.717, 1.165) is 41.7 Å². The van der Waals surface area contributed by atoms with Gasteiger partial charge >= 0.3 is 0 Å². The summed E-state index contributed by atoms with van der Waals surface area (Å²) in [4.78, 5) is 114. The van der Waals surface area contributed by atoms with Crippen molar-refractivity contribution in [3.05, 3.63) is 107 Å². The Bertz CT molecular complexity index is 3920. The summed E-state index contributed by atoms with van der Waals surface area (Å²) in [5.74, 6) is 0.840. The number of fused-ring (bicyclic) bond motifs is 5. The molecule has 1 saturated heterocycles. The number of ether oxygens (including phenoxy) is 14. The molecule has 0 aliphatic carbocycles. The maximum Gasteiger partial charge on any atom is 0.260 e. The van der Waals surface area contributed by atoms with E-state index in [9.17, 15) is 38.4 Å². The van der Waals surface area contributed by atoms with E-state index < -0.39 is 12.0 Å². The number of carbonyl (C=O) groups is 8. The SMILES string of the molecule is C.CCCOCCOCCNC(=O)CCN1C(=O)CC(C)C1=O.COCCOCCOCCOCCOCCOCCC(=O)NC(C(=O)C[C@@H](C)C(=O)Nc1ccc(C)cc1)C(C)C.COc1cc2c(cc1OCCCOc1cc3c(cc1OC)C(=O)N1C=C(c4ccc5c(c4)OCO5)C[C@H]1C=N3)N=C[C@@H]1CC(C)=CN1C2=O. The normalized spacial score (nSPS) is 16.7. The zero-order valence-electron chi connectivity index (χ0n) is 66.1. The monoisotopic (exact) mass is 1570 g/mol. The van der Waals surface area contributed by atoms with E-state index in [1.54, 1.807) is 68.3 Å². The summed E-state index contributed by atoms with van der Waals surface area (Å²) in [7, 11) is 4.71. The van der Waals surface area contributed by atoms with Crippen molar-refractivity contribution in [1.29, 1.82) is 0 Å². The van der Waals surface area contributed by atoms with E-state index in [-0.39, 0.29) is 124 Å². The Morgan fingerprint density at radius 1 is 0.584 bits per heavy atom. The molecule has 7 amide bonds. The van der Waals surface area contributed by atoms with Crippen molar-refractivity contribution in [3.8, 4) is 34.5 Å². The first-order valence-corrected chi connectivity index (χ1v) is 38.2. The summed E-state index contributed by atoms with van der Waals surface area (Å²) in [6.45, 7) is 21.8. The molecular formula is C83H114N8O22. The van der Waals surface area contributed by atoms with Crippen LogP contribution in [0.25, 0.3) is 5.57 Å². The molecule has 1 fully saturated rings. The van der Waals surface area contributed by atoms with Gasteiger partial charge in [-0.25, -0.2) is 0 Å². The summed E-state index contributed by atoms with van der Waals surface area (Å²) in [5, 5.41) is 8.33. The van der Waals surface area contributed by atoms with Gasteiger partial charge in [-0.05, 0) is 80.1 Å². The van der Waals surface area contributed by atoms with E-state index in [1.165, 1.54) is 12.0 Å². The fraction of sp³-hybridized carbons (Fsp3) is 0.542. The number of nitrogens with one attached hydrogen (secondary N) is 3. The number of hydrogen-bond donors (Lipinski definition) is 3. The van der Waals surface area contributed by atoms with Gasteiger partial charge in [0.15, 0.2) is 40.3 Å². The molecule has 0 bridgehead atoms. The van der Waals surface area contributed by atoms with Crippen LogP contribution in [0.1, 0.15) is 132 Å². The number of imide groups is 1. The number of aliphatic imine (C=N–C) groups is 2. The quantitative estimate of drug-likeness (QED) is 0.0274. The predicted octanol–water partition coefficient (Wildman–Crippen LogP) is 9.84. The van der Waals surface area contributed by atoms with Crippen LogP contribution in [0.2, 0.25) is 0 Å². The van der Waals surface area contributed by atoms with Crippen LogP contribution in [0.4, 0.5) is 17.1 Å². The molecule has 3 N–H and O–H groups in total. The molecule has 0 saturated carbocycles. The number of hydrogen-bond acceptors (Lipinski definition) is 24.